The van der Waals surface area contributed by atoms with Gasteiger partial charge in [0.2, 0.25) is 0 Å². The number of aryl methyl sites for hydroxylation is 1. The van der Waals surface area contributed by atoms with Crippen LogP contribution in [-0.4, -0.2) is 40.7 Å². The van der Waals surface area contributed by atoms with Gasteiger partial charge < -0.3 is 20.6 Å². The molecule has 0 bridgehead atoms. The summed E-state index contributed by atoms with van der Waals surface area (Å²) in [4.78, 5) is 38.2. The lowest BCUT2D eigenvalue weighted by Crippen LogP contribution is -2.55. The molecule has 0 heterocycles. The van der Waals surface area contributed by atoms with Crippen molar-refractivity contribution in [3.8, 4) is 5.75 Å². The van der Waals surface area contributed by atoms with Crippen LogP contribution in [-0.2, 0) is 11.3 Å². The second-order valence-electron chi connectivity index (χ2n) is 8.78. The number of urea groups is 2. The van der Waals surface area contributed by atoms with Crippen LogP contribution in [0.4, 0.5) is 15.3 Å². The highest BCUT2D eigenvalue weighted by molar-refractivity contribution is 6.30. The third-order valence-corrected chi connectivity index (χ3v) is 5.78. The number of hydrogen-bond acceptors (Lipinski definition) is 6. The van der Waals surface area contributed by atoms with Crippen LogP contribution < -0.4 is 26.4 Å². The molecule has 0 atom stereocenters. The van der Waals surface area contributed by atoms with Gasteiger partial charge in [0, 0.05) is 18.1 Å². The first-order valence-corrected chi connectivity index (χ1v) is 11.6. The first kappa shape index (κ1) is 26.1. The molecule has 1 aliphatic rings. The number of hydrogen-bond donors (Lipinski definition) is 5. The van der Waals surface area contributed by atoms with Gasteiger partial charge in [-0.25, -0.2) is 14.5 Å². The molecule has 5 N–H and O–H groups in total. The molecular formula is C24H30ClN5O5. The molecule has 1 saturated carbocycles. The molecule has 1 fully saturated rings. The number of nitrogens with zero attached hydrogens (tertiary/aromatic N) is 1. The maximum Gasteiger partial charge on any atom is 0.341 e. The van der Waals surface area contributed by atoms with Gasteiger partial charge in [-0.05, 0) is 75.1 Å². The van der Waals surface area contributed by atoms with E-state index in [1.165, 1.54) is 0 Å². The Hall–Kier alpha value is -3.50. The number of carbonyl (C=O) groups is 3. The maximum absolute atomic E-state index is 12.8. The Balaban J connectivity index is 1.60. The zero-order chi connectivity index (χ0) is 25.6. The van der Waals surface area contributed by atoms with Crippen molar-refractivity contribution < 1.29 is 24.2 Å². The van der Waals surface area contributed by atoms with Gasteiger partial charge in [-0.2, -0.15) is 0 Å². The molecule has 2 aromatic carbocycles. The highest BCUT2D eigenvalue weighted by Gasteiger charge is 2.53. The number of halogens is 1. The topological polar surface area (TPSA) is 132 Å². The summed E-state index contributed by atoms with van der Waals surface area (Å²) in [5.41, 5.74) is 9.01. The van der Waals surface area contributed by atoms with E-state index in [1.807, 2.05) is 26.8 Å². The fourth-order valence-corrected chi connectivity index (χ4v) is 3.47. The van der Waals surface area contributed by atoms with Gasteiger partial charge in [-0.1, -0.05) is 23.7 Å². The van der Waals surface area contributed by atoms with E-state index >= 15 is 0 Å². The Bertz CT molecular complexity index is 1070. The molecule has 10 nitrogen and oxygen atoms in total. The normalized spacial score (nSPS) is 13.6. The number of carbonyl (C=O) groups excluding carboxylic acids is 2. The number of hydrazine groups is 2. The molecule has 0 unspecified atom stereocenters. The Labute approximate surface area is 208 Å². The Morgan fingerprint density at radius 3 is 2.37 bits per heavy atom. The molecule has 0 radical (unpaired) electrons. The highest BCUT2D eigenvalue weighted by Crippen LogP contribution is 2.46. The minimum absolute atomic E-state index is 0.0438. The van der Waals surface area contributed by atoms with Crippen LogP contribution in [0, 0.1) is 12.3 Å². The summed E-state index contributed by atoms with van der Waals surface area (Å²) >= 11 is 5.88. The lowest BCUT2D eigenvalue weighted by molar-refractivity contribution is -0.143. The summed E-state index contributed by atoms with van der Waals surface area (Å²) in [6, 6.07) is 10.8. The third-order valence-electron chi connectivity index (χ3n) is 5.53. The zero-order valence-electron chi connectivity index (χ0n) is 19.9. The summed E-state index contributed by atoms with van der Waals surface area (Å²) in [5, 5.41) is 12.8. The lowest BCUT2D eigenvalue weighted by Gasteiger charge is -2.25. The minimum atomic E-state index is -1.12. The number of carboxylic acids is 1. The van der Waals surface area contributed by atoms with E-state index < -0.39 is 23.4 Å². The summed E-state index contributed by atoms with van der Waals surface area (Å²) in [7, 11) is 0. The number of nitrogens with one attached hydrogen (secondary N) is 4. The molecule has 0 aromatic heterocycles. The number of imide groups is 1. The molecule has 35 heavy (non-hydrogen) atoms. The number of anilines is 1. The van der Waals surface area contributed by atoms with Crippen molar-refractivity contribution >= 4 is 35.3 Å². The summed E-state index contributed by atoms with van der Waals surface area (Å²) in [6.07, 6.45) is 0.834. The maximum atomic E-state index is 12.8. The first-order chi connectivity index (χ1) is 16.6. The van der Waals surface area contributed by atoms with Gasteiger partial charge in [0.1, 0.15) is 5.75 Å². The number of ether oxygens (including phenoxy) is 1. The number of carboxylic acid groups (broad SMARTS) is 1. The van der Waals surface area contributed by atoms with E-state index in [4.69, 9.17) is 16.3 Å². The molecule has 11 heteroatoms. The van der Waals surface area contributed by atoms with Gasteiger partial charge in [0.25, 0.3) is 0 Å². The van der Waals surface area contributed by atoms with Crippen LogP contribution in [0.3, 0.4) is 0 Å². The molecule has 0 saturated heterocycles. The molecule has 0 spiro atoms. The standard InChI is InChI=1S/C24H30ClN5O5/c1-15(2)35-20-9-8-19(12-16(20)3)27-29-28-23(34)30(14-24(10-11-24)21(31)32)22(33)26-13-17-4-6-18(25)7-5-17/h4-9,12,15,27,29H,10-11,13-14H2,1-3H3,(H,26,33)(H,28,34)(H,31,32). The fraction of sp³-hybridized carbons (Fsp3) is 0.375. The van der Waals surface area contributed by atoms with Crippen LogP contribution in [0.1, 0.15) is 37.8 Å². The van der Waals surface area contributed by atoms with E-state index in [-0.39, 0.29) is 19.2 Å². The predicted molar refractivity (Wildman–Crippen MR) is 132 cm³/mol. The van der Waals surface area contributed by atoms with Gasteiger partial charge in [0.15, 0.2) is 0 Å². The van der Waals surface area contributed by atoms with Crippen LogP contribution >= 0.6 is 11.6 Å². The van der Waals surface area contributed by atoms with Crippen molar-refractivity contribution in [2.45, 2.75) is 46.3 Å². The van der Waals surface area contributed by atoms with Crippen molar-refractivity contribution in [3.05, 3.63) is 58.6 Å². The first-order valence-electron chi connectivity index (χ1n) is 11.2. The van der Waals surface area contributed by atoms with E-state index in [2.05, 4.69) is 21.7 Å². The Morgan fingerprint density at radius 2 is 1.80 bits per heavy atom. The molecule has 1 aliphatic carbocycles. The predicted octanol–water partition coefficient (Wildman–Crippen LogP) is 4.05. The minimum Gasteiger partial charge on any atom is -0.491 e. The molecule has 4 amide bonds. The number of rotatable bonds is 10. The fourth-order valence-electron chi connectivity index (χ4n) is 3.34. The van der Waals surface area contributed by atoms with Crippen LogP contribution in [0.25, 0.3) is 0 Å². The lowest BCUT2D eigenvalue weighted by atomic mass is 10.1. The molecule has 2 aromatic rings. The largest absolute Gasteiger partial charge is 0.491 e. The second kappa shape index (κ2) is 11.3. The smallest absolute Gasteiger partial charge is 0.341 e. The average Bonchev–Trinajstić information content (AvgIpc) is 3.59. The third kappa shape index (κ3) is 7.24. The van der Waals surface area contributed by atoms with Crippen LogP contribution in [0.15, 0.2) is 42.5 Å². The SMILES string of the molecule is Cc1cc(NNNC(=O)N(CC2(C(=O)O)CC2)C(=O)NCc2ccc(Cl)cc2)ccc1OC(C)C. The van der Waals surface area contributed by atoms with Gasteiger partial charge >= 0.3 is 18.0 Å². The Kier molecular flexibility index (Phi) is 8.42. The molecular weight excluding hydrogens is 474 g/mol. The van der Waals surface area contributed by atoms with Crippen molar-refractivity contribution in [2.24, 2.45) is 5.41 Å². The van der Waals surface area contributed by atoms with E-state index in [0.717, 1.165) is 21.8 Å². The molecule has 188 valence electrons. The van der Waals surface area contributed by atoms with Gasteiger partial charge in [-0.3, -0.25) is 10.2 Å². The summed E-state index contributed by atoms with van der Waals surface area (Å²) < 4.78 is 5.71. The average molecular weight is 504 g/mol. The van der Waals surface area contributed by atoms with Crippen molar-refractivity contribution in [1.82, 2.24) is 21.2 Å². The molecule has 0 aliphatic heterocycles. The van der Waals surface area contributed by atoms with E-state index in [0.29, 0.717) is 23.6 Å². The van der Waals surface area contributed by atoms with Gasteiger partial charge in [0.05, 0.1) is 17.2 Å². The molecule has 3 rings (SSSR count). The van der Waals surface area contributed by atoms with Crippen molar-refractivity contribution in [2.75, 3.05) is 12.0 Å². The van der Waals surface area contributed by atoms with E-state index in [1.54, 1.807) is 36.4 Å². The second-order valence-corrected chi connectivity index (χ2v) is 9.22. The van der Waals surface area contributed by atoms with Crippen molar-refractivity contribution in [1.29, 1.82) is 0 Å². The monoisotopic (exact) mass is 503 g/mol. The van der Waals surface area contributed by atoms with Crippen LogP contribution in [0.5, 0.6) is 5.75 Å². The summed E-state index contributed by atoms with van der Waals surface area (Å²) in [5.74, 6) is -0.285. The highest BCUT2D eigenvalue weighted by atomic mass is 35.5. The zero-order valence-corrected chi connectivity index (χ0v) is 20.6. The number of amides is 4. The number of aliphatic carboxylic acids is 1. The van der Waals surface area contributed by atoms with Crippen LogP contribution in [0.2, 0.25) is 5.02 Å². The summed E-state index contributed by atoms with van der Waals surface area (Å²) in [6.45, 7) is 5.68. The van der Waals surface area contributed by atoms with E-state index in [9.17, 15) is 19.5 Å². The quantitative estimate of drug-likeness (QED) is 0.309. The van der Waals surface area contributed by atoms with Gasteiger partial charge in [-0.15, -0.1) is 5.53 Å². The number of benzene rings is 2. The Morgan fingerprint density at radius 1 is 1.11 bits per heavy atom. The van der Waals surface area contributed by atoms with Crippen molar-refractivity contribution in [3.63, 3.8) is 0 Å².